The maximum atomic E-state index is 6.46. The van der Waals surface area contributed by atoms with Crippen LogP contribution < -0.4 is 0 Å². The van der Waals surface area contributed by atoms with E-state index in [1.165, 1.54) is 120 Å². The molecule has 0 unspecified atom stereocenters. The van der Waals surface area contributed by atoms with Crippen molar-refractivity contribution in [3.8, 4) is 66.8 Å². The third-order valence-electron chi connectivity index (χ3n) is 17.0. The molecule has 2 heterocycles. The van der Waals surface area contributed by atoms with E-state index in [1.807, 2.05) is 18.2 Å². The lowest BCUT2D eigenvalue weighted by molar-refractivity contribution is 0.669. The fourth-order valence-corrected chi connectivity index (χ4v) is 13.3. The first-order chi connectivity index (χ1) is 39.6. The summed E-state index contributed by atoms with van der Waals surface area (Å²) < 4.78 is 12.7. The van der Waals surface area contributed by atoms with Gasteiger partial charge in [-0.2, -0.15) is 0 Å². The fraction of sp³-hybridized carbons (Fsp3) is 0. The average molecular weight is 1020 g/mol. The van der Waals surface area contributed by atoms with Crippen LogP contribution in [0.5, 0.6) is 0 Å². The van der Waals surface area contributed by atoms with E-state index in [1.54, 1.807) is 0 Å². The molecule has 0 saturated carbocycles. The highest BCUT2D eigenvalue weighted by atomic mass is 16.3. The predicted molar refractivity (Wildman–Crippen MR) is 339 cm³/mol. The van der Waals surface area contributed by atoms with Crippen molar-refractivity contribution in [2.75, 3.05) is 0 Å². The van der Waals surface area contributed by atoms with E-state index in [0.717, 1.165) is 55.0 Å². The molecule has 0 fully saturated rings. The Morgan fingerprint density at radius 3 is 0.988 bits per heavy atom. The van der Waals surface area contributed by atoms with Gasteiger partial charge in [0.15, 0.2) is 0 Å². The molecular weight excluding hydrogens is 969 g/mol. The van der Waals surface area contributed by atoms with E-state index in [2.05, 4.69) is 261 Å². The van der Waals surface area contributed by atoms with Crippen LogP contribution in [0.25, 0.3) is 175 Å². The summed E-state index contributed by atoms with van der Waals surface area (Å²) >= 11 is 0. The second kappa shape index (κ2) is 17.5. The first-order valence-corrected chi connectivity index (χ1v) is 27.5. The lowest BCUT2D eigenvalue weighted by Gasteiger charge is -2.18. The molecule has 17 aromatic rings. The second-order valence-electron chi connectivity index (χ2n) is 21.4. The molecule has 0 spiro atoms. The number of benzene rings is 15. The summed E-state index contributed by atoms with van der Waals surface area (Å²) in [7, 11) is 0. The van der Waals surface area contributed by atoms with Gasteiger partial charge in [-0.3, -0.25) is 0 Å². The minimum absolute atomic E-state index is 0.905. The summed E-state index contributed by atoms with van der Waals surface area (Å²) in [5, 5.41) is 19.3. The monoisotopic (exact) mass is 1010 g/mol. The van der Waals surface area contributed by atoms with Crippen molar-refractivity contribution in [1.82, 2.24) is 0 Å². The lowest BCUT2D eigenvalue weighted by atomic mass is 9.85. The number of fused-ring (bicyclic) bond motifs is 12. The molecule has 0 aliphatic carbocycles. The highest BCUT2D eigenvalue weighted by Crippen LogP contribution is 2.48. The fourth-order valence-electron chi connectivity index (χ4n) is 13.3. The van der Waals surface area contributed by atoms with Crippen LogP contribution in [0.2, 0.25) is 0 Å². The van der Waals surface area contributed by atoms with Gasteiger partial charge in [0, 0.05) is 27.1 Å². The van der Waals surface area contributed by atoms with Gasteiger partial charge >= 0.3 is 0 Å². The Morgan fingerprint density at radius 1 is 0.175 bits per heavy atom. The molecule has 0 aliphatic rings. The summed E-state index contributed by atoms with van der Waals surface area (Å²) in [4.78, 5) is 0. The summed E-state index contributed by atoms with van der Waals surface area (Å²) in [5.74, 6) is 0. The van der Waals surface area contributed by atoms with E-state index < -0.39 is 0 Å². The Kier molecular flexibility index (Phi) is 9.75. The van der Waals surface area contributed by atoms with Crippen LogP contribution in [-0.4, -0.2) is 0 Å². The molecule has 0 aliphatic heterocycles. The highest BCUT2D eigenvalue weighted by molar-refractivity contribution is 6.24. The summed E-state index contributed by atoms with van der Waals surface area (Å²) in [5.41, 5.74) is 18.0. The lowest BCUT2D eigenvalue weighted by Crippen LogP contribution is -1.91. The molecule has 2 nitrogen and oxygen atoms in total. The zero-order valence-electron chi connectivity index (χ0n) is 43.4. The SMILES string of the molecule is c1ccc2c(c1)oc1ccc(-c3c4ccccc4c(-c4ccc5ccc(-c6ccc7ccc(-c8c9ccccc9c(-c9ccc(-c%10cccc%11c%10oc%10ccccc%10%11)cc9)c9ccccc89)cc7c6)cc5c4)c4ccccc34)cc12. The second-order valence-corrected chi connectivity index (χ2v) is 21.4. The van der Waals surface area contributed by atoms with Gasteiger partial charge in [0.05, 0.1) is 0 Å². The first-order valence-electron chi connectivity index (χ1n) is 27.5. The van der Waals surface area contributed by atoms with Crippen LogP contribution >= 0.6 is 0 Å². The number of para-hydroxylation sites is 3. The minimum atomic E-state index is 0.905. The minimum Gasteiger partial charge on any atom is -0.456 e. The molecular formula is C78H46O2. The number of furan rings is 2. The number of hydrogen-bond acceptors (Lipinski definition) is 2. The molecule has 0 amide bonds. The van der Waals surface area contributed by atoms with Crippen LogP contribution in [0.4, 0.5) is 0 Å². The summed E-state index contributed by atoms with van der Waals surface area (Å²) in [6, 6.07) is 102. The zero-order chi connectivity index (χ0) is 52.4. The van der Waals surface area contributed by atoms with E-state index in [4.69, 9.17) is 8.83 Å². The Hall–Kier alpha value is -10.5. The van der Waals surface area contributed by atoms with E-state index in [9.17, 15) is 0 Å². The number of rotatable bonds is 6. The molecule has 2 heteroatoms. The van der Waals surface area contributed by atoms with Gasteiger partial charge in [-0.25, -0.2) is 0 Å². The van der Waals surface area contributed by atoms with Gasteiger partial charge in [-0.1, -0.05) is 231 Å². The van der Waals surface area contributed by atoms with Gasteiger partial charge in [0.25, 0.3) is 0 Å². The molecule has 0 N–H and O–H groups in total. The molecule has 15 aromatic carbocycles. The molecule has 370 valence electrons. The number of hydrogen-bond donors (Lipinski definition) is 0. The van der Waals surface area contributed by atoms with Crippen LogP contribution in [-0.2, 0) is 0 Å². The van der Waals surface area contributed by atoms with Crippen molar-refractivity contribution in [3.63, 3.8) is 0 Å². The topological polar surface area (TPSA) is 26.3 Å². The molecule has 0 radical (unpaired) electrons. The Balaban J connectivity index is 0.754. The molecule has 2 aromatic heterocycles. The molecule has 80 heavy (non-hydrogen) atoms. The van der Waals surface area contributed by atoms with Crippen molar-refractivity contribution in [1.29, 1.82) is 0 Å². The Bertz CT molecular complexity index is 5310. The summed E-state index contributed by atoms with van der Waals surface area (Å²) in [6.07, 6.45) is 0. The van der Waals surface area contributed by atoms with E-state index >= 15 is 0 Å². The van der Waals surface area contributed by atoms with Crippen LogP contribution in [0.15, 0.2) is 288 Å². The van der Waals surface area contributed by atoms with Crippen molar-refractivity contribution in [2.24, 2.45) is 0 Å². The normalized spacial score (nSPS) is 12.0. The van der Waals surface area contributed by atoms with E-state index in [-0.39, 0.29) is 0 Å². The highest BCUT2D eigenvalue weighted by Gasteiger charge is 2.21. The van der Waals surface area contributed by atoms with Gasteiger partial charge in [-0.15, -0.1) is 0 Å². The Labute approximate surface area is 460 Å². The van der Waals surface area contributed by atoms with Crippen LogP contribution in [0.3, 0.4) is 0 Å². The van der Waals surface area contributed by atoms with Gasteiger partial charge in [0.2, 0.25) is 0 Å². The molecule has 17 rings (SSSR count). The maximum Gasteiger partial charge on any atom is 0.143 e. The van der Waals surface area contributed by atoms with Crippen LogP contribution in [0, 0.1) is 0 Å². The largest absolute Gasteiger partial charge is 0.456 e. The maximum absolute atomic E-state index is 6.46. The molecule has 0 bridgehead atoms. The van der Waals surface area contributed by atoms with Crippen molar-refractivity contribution >= 4 is 109 Å². The zero-order valence-corrected chi connectivity index (χ0v) is 43.4. The van der Waals surface area contributed by atoms with Crippen molar-refractivity contribution in [3.05, 3.63) is 279 Å². The predicted octanol–water partition coefficient (Wildman–Crippen LogP) is 22.4. The standard InChI is InChI=1S/C78H46O2/c1-3-18-63-61(16-1)74(50-34-32-49(33-35-50)58-24-13-25-69-59-14-9-12-27-72(59)80-78(58)69)62-17-2-4-19-64(62)75(63)53-38-30-47-28-36-51(42-56(47)44-53)52-37-29-48-31-39-54(45-57(48)43-52)76-65-20-5-7-22-67(65)77(68-23-8-6-21-66(68)76)55-40-41-73-70(46-55)60-15-10-11-26-71(60)79-73/h1-46H. The first kappa shape index (κ1) is 44.6. The van der Waals surface area contributed by atoms with Crippen LogP contribution in [0.1, 0.15) is 0 Å². The third-order valence-corrected chi connectivity index (χ3v) is 17.0. The summed E-state index contributed by atoms with van der Waals surface area (Å²) in [6.45, 7) is 0. The van der Waals surface area contributed by atoms with Crippen molar-refractivity contribution < 1.29 is 8.83 Å². The quantitative estimate of drug-likeness (QED) is 0.155. The third kappa shape index (κ3) is 6.86. The van der Waals surface area contributed by atoms with E-state index in [0.29, 0.717) is 0 Å². The Morgan fingerprint density at radius 2 is 0.500 bits per heavy atom. The smallest absolute Gasteiger partial charge is 0.143 e. The average Bonchev–Trinajstić information content (AvgIpc) is 4.19. The molecule has 0 saturated heterocycles. The van der Waals surface area contributed by atoms with Gasteiger partial charge in [0.1, 0.15) is 22.3 Å². The molecule has 0 atom stereocenters. The van der Waals surface area contributed by atoms with Gasteiger partial charge < -0.3 is 8.83 Å². The van der Waals surface area contributed by atoms with Gasteiger partial charge in [-0.05, 0) is 174 Å². The van der Waals surface area contributed by atoms with Crippen molar-refractivity contribution in [2.45, 2.75) is 0 Å².